The molecule has 154 valence electrons. The number of ether oxygens (including phenoxy) is 1. The van der Waals surface area contributed by atoms with Crippen LogP contribution in [-0.4, -0.2) is 17.9 Å². The van der Waals surface area contributed by atoms with E-state index in [-0.39, 0.29) is 23.6 Å². The molecule has 6 heteroatoms. The highest BCUT2D eigenvalue weighted by atomic mass is 35.5. The fraction of sp³-hybridized carbons (Fsp3) is 0.120. The SMILES string of the molecule is COc1cccc(C2c3c(oc4ccccc4c3=O)C(=O)N2Cc2ccccc2Cl)c1. The van der Waals surface area contributed by atoms with Gasteiger partial charge in [-0.05, 0) is 41.5 Å². The van der Waals surface area contributed by atoms with E-state index in [0.29, 0.717) is 27.3 Å². The number of halogens is 1. The lowest BCUT2D eigenvalue weighted by Gasteiger charge is -2.26. The molecule has 0 spiro atoms. The van der Waals surface area contributed by atoms with Crippen LogP contribution in [0.2, 0.25) is 5.02 Å². The highest BCUT2D eigenvalue weighted by Crippen LogP contribution is 2.40. The molecule has 2 heterocycles. The zero-order valence-electron chi connectivity index (χ0n) is 16.7. The van der Waals surface area contributed by atoms with Crippen LogP contribution in [0.25, 0.3) is 11.0 Å². The topological polar surface area (TPSA) is 59.8 Å². The van der Waals surface area contributed by atoms with Crippen LogP contribution in [0.5, 0.6) is 5.75 Å². The first kappa shape index (κ1) is 19.4. The third kappa shape index (κ3) is 3.18. The number of methoxy groups -OCH3 is 1. The van der Waals surface area contributed by atoms with E-state index in [4.69, 9.17) is 20.8 Å². The van der Waals surface area contributed by atoms with E-state index in [2.05, 4.69) is 0 Å². The Morgan fingerprint density at radius 2 is 1.77 bits per heavy atom. The van der Waals surface area contributed by atoms with E-state index in [1.165, 1.54) is 0 Å². The summed E-state index contributed by atoms with van der Waals surface area (Å²) in [5.41, 5.74) is 2.07. The molecular formula is C25H18ClNO4. The van der Waals surface area contributed by atoms with Crippen LogP contribution in [-0.2, 0) is 6.54 Å². The minimum Gasteiger partial charge on any atom is -0.497 e. The summed E-state index contributed by atoms with van der Waals surface area (Å²) in [6, 6.07) is 21.1. The molecule has 4 aromatic rings. The largest absolute Gasteiger partial charge is 0.497 e. The molecule has 5 nitrogen and oxygen atoms in total. The monoisotopic (exact) mass is 431 g/mol. The van der Waals surface area contributed by atoms with Crippen molar-refractivity contribution in [2.75, 3.05) is 7.11 Å². The number of hydrogen-bond acceptors (Lipinski definition) is 4. The number of para-hydroxylation sites is 1. The Kier molecular flexibility index (Phi) is 4.75. The van der Waals surface area contributed by atoms with E-state index >= 15 is 0 Å². The van der Waals surface area contributed by atoms with E-state index < -0.39 is 6.04 Å². The van der Waals surface area contributed by atoms with Gasteiger partial charge < -0.3 is 14.1 Å². The van der Waals surface area contributed by atoms with Gasteiger partial charge in [-0.3, -0.25) is 9.59 Å². The van der Waals surface area contributed by atoms with Crippen molar-refractivity contribution in [1.29, 1.82) is 0 Å². The Bertz CT molecular complexity index is 1380. The minimum atomic E-state index is -0.616. The van der Waals surface area contributed by atoms with Crippen molar-refractivity contribution in [3.63, 3.8) is 0 Å². The van der Waals surface area contributed by atoms with Crippen LogP contribution >= 0.6 is 11.6 Å². The Labute approximate surface area is 183 Å². The van der Waals surface area contributed by atoms with Crippen molar-refractivity contribution in [2.24, 2.45) is 0 Å². The summed E-state index contributed by atoms with van der Waals surface area (Å²) in [6.07, 6.45) is 0. The molecule has 0 radical (unpaired) electrons. The number of rotatable bonds is 4. The van der Waals surface area contributed by atoms with Gasteiger partial charge in [0.1, 0.15) is 11.3 Å². The Balaban J connectivity index is 1.74. The van der Waals surface area contributed by atoms with Crippen molar-refractivity contribution in [1.82, 2.24) is 4.90 Å². The second kappa shape index (κ2) is 7.60. The molecule has 31 heavy (non-hydrogen) atoms. The third-order valence-electron chi connectivity index (χ3n) is 5.58. The molecule has 5 rings (SSSR count). The summed E-state index contributed by atoms with van der Waals surface area (Å²) in [5, 5.41) is 1.00. The van der Waals surface area contributed by atoms with Crippen LogP contribution in [0, 0.1) is 0 Å². The first-order chi connectivity index (χ1) is 15.1. The number of carbonyl (C=O) groups is 1. The van der Waals surface area contributed by atoms with E-state index in [9.17, 15) is 9.59 Å². The smallest absolute Gasteiger partial charge is 0.291 e. The summed E-state index contributed by atoms with van der Waals surface area (Å²) >= 11 is 6.38. The summed E-state index contributed by atoms with van der Waals surface area (Å²) in [4.78, 5) is 28.6. The van der Waals surface area contributed by atoms with Gasteiger partial charge in [0.2, 0.25) is 5.76 Å². The quantitative estimate of drug-likeness (QED) is 0.445. The second-order valence-electron chi connectivity index (χ2n) is 7.37. The van der Waals surface area contributed by atoms with Gasteiger partial charge in [0.05, 0.1) is 24.1 Å². The Hall–Kier alpha value is -3.57. The lowest BCUT2D eigenvalue weighted by molar-refractivity contribution is 0.0714. The third-order valence-corrected chi connectivity index (χ3v) is 5.95. The normalized spacial score (nSPS) is 15.4. The van der Waals surface area contributed by atoms with Crippen LogP contribution in [0.15, 0.2) is 82.0 Å². The lowest BCUT2D eigenvalue weighted by atomic mass is 9.98. The predicted octanol–water partition coefficient (Wildman–Crippen LogP) is 5.20. The molecule has 0 saturated carbocycles. The van der Waals surface area contributed by atoms with Gasteiger partial charge in [0, 0.05) is 11.6 Å². The molecule has 1 amide bonds. The molecule has 1 atom stereocenters. The highest BCUT2D eigenvalue weighted by Gasteiger charge is 2.43. The molecule has 0 fully saturated rings. The molecule has 3 aromatic carbocycles. The standard InChI is InChI=1S/C25H18ClNO4/c1-30-17-9-6-8-15(13-17)22-21-23(28)18-10-3-5-12-20(18)31-24(21)25(29)27(22)14-16-7-2-4-11-19(16)26/h2-13,22H,14H2,1H3. The lowest BCUT2D eigenvalue weighted by Crippen LogP contribution is -2.29. The van der Waals surface area contributed by atoms with Gasteiger partial charge in [-0.1, -0.05) is 54.1 Å². The summed E-state index contributed by atoms with van der Waals surface area (Å²) in [6.45, 7) is 0.236. The van der Waals surface area contributed by atoms with Crippen molar-refractivity contribution in [3.8, 4) is 5.75 Å². The van der Waals surface area contributed by atoms with E-state index in [1.54, 1.807) is 42.3 Å². The maximum atomic E-state index is 13.5. The molecule has 1 aromatic heterocycles. The van der Waals surface area contributed by atoms with Crippen molar-refractivity contribution in [2.45, 2.75) is 12.6 Å². The number of nitrogens with zero attached hydrogens (tertiary/aromatic N) is 1. The number of amides is 1. The first-order valence-electron chi connectivity index (χ1n) is 9.82. The molecule has 1 aliphatic rings. The summed E-state index contributed by atoms with van der Waals surface area (Å²) in [5.74, 6) is 0.371. The van der Waals surface area contributed by atoms with Crippen molar-refractivity contribution < 1.29 is 13.9 Å². The van der Waals surface area contributed by atoms with E-state index in [0.717, 1.165) is 11.1 Å². The fourth-order valence-electron chi connectivity index (χ4n) is 4.10. The van der Waals surface area contributed by atoms with Crippen LogP contribution in [0.3, 0.4) is 0 Å². The van der Waals surface area contributed by atoms with Gasteiger partial charge in [-0.15, -0.1) is 0 Å². The number of hydrogen-bond donors (Lipinski definition) is 0. The molecule has 0 saturated heterocycles. The fourth-order valence-corrected chi connectivity index (χ4v) is 4.29. The Morgan fingerprint density at radius 3 is 2.58 bits per heavy atom. The summed E-state index contributed by atoms with van der Waals surface area (Å²) < 4.78 is 11.3. The second-order valence-corrected chi connectivity index (χ2v) is 7.78. The molecular weight excluding hydrogens is 414 g/mol. The average molecular weight is 432 g/mol. The van der Waals surface area contributed by atoms with Crippen molar-refractivity contribution in [3.05, 3.63) is 110 Å². The zero-order chi connectivity index (χ0) is 21.5. The highest BCUT2D eigenvalue weighted by molar-refractivity contribution is 6.31. The van der Waals surface area contributed by atoms with Crippen LogP contribution in [0.4, 0.5) is 0 Å². The molecule has 1 aliphatic heterocycles. The zero-order valence-corrected chi connectivity index (χ0v) is 17.4. The van der Waals surface area contributed by atoms with E-state index in [1.807, 2.05) is 42.5 Å². The average Bonchev–Trinajstić information content (AvgIpc) is 3.07. The van der Waals surface area contributed by atoms with Gasteiger partial charge >= 0.3 is 0 Å². The first-order valence-corrected chi connectivity index (χ1v) is 10.2. The van der Waals surface area contributed by atoms with Gasteiger partial charge in [-0.2, -0.15) is 0 Å². The summed E-state index contributed by atoms with van der Waals surface area (Å²) in [7, 11) is 1.58. The molecule has 1 unspecified atom stereocenters. The number of carbonyl (C=O) groups excluding carboxylic acids is 1. The molecule has 0 N–H and O–H groups in total. The van der Waals surface area contributed by atoms with Crippen LogP contribution < -0.4 is 10.2 Å². The van der Waals surface area contributed by atoms with Gasteiger partial charge in [0.25, 0.3) is 5.91 Å². The number of fused-ring (bicyclic) bond motifs is 2. The van der Waals surface area contributed by atoms with Gasteiger partial charge in [0.15, 0.2) is 5.43 Å². The van der Waals surface area contributed by atoms with Gasteiger partial charge in [-0.25, -0.2) is 0 Å². The maximum absolute atomic E-state index is 13.5. The molecule has 0 bridgehead atoms. The maximum Gasteiger partial charge on any atom is 0.291 e. The van der Waals surface area contributed by atoms with Crippen molar-refractivity contribution >= 4 is 28.5 Å². The minimum absolute atomic E-state index is 0.0728. The Morgan fingerprint density at radius 1 is 1.00 bits per heavy atom. The molecule has 0 aliphatic carbocycles. The number of benzene rings is 3. The van der Waals surface area contributed by atoms with Crippen LogP contribution in [0.1, 0.15) is 33.3 Å². The predicted molar refractivity (Wildman–Crippen MR) is 119 cm³/mol.